The molecule has 3 N–H and O–H groups in total. The van der Waals surface area contributed by atoms with Crippen molar-refractivity contribution in [1.82, 2.24) is 0 Å². The molecule has 100 valence electrons. The van der Waals surface area contributed by atoms with Crippen molar-refractivity contribution >= 4 is 12.7 Å². The third-order valence-corrected chi connectivity index (χ3v) is 3.14. The Morgan fingerprint density at radius 2 is 2.17 bits per heavy atom. The topological polar surface area (TPSA) is 46.2 Å². The summed E-state index contributed by atoms with van der Waals surface area (Å²) in [6, 6.07) is 5.56. The molecule has 0 heterocycles. The van der Waals surface area contributed by atoms with E-state index in [1.165, 1.54) is 19.3 Å². The zero-order chi connectivity index (χ0) is 13.5. The predicted octanol–water partition coefficient (Wildman–Crippen LogP) is 2.13. The lowest BCUT2D eigenvalue weighted by Crippen LogP contribution is -2.25. The molecule has 0 aliphatic rings. The molecule has 0 radical (unpaired) electrons. The van der Waals surface area contributed by atoms with Crippen LogP contribution in [0.4, 0.5) is 0 Å². The van der Waals surface area contributed by atoms with Gasteiger partial charge in [0.05, 0.1) is 0 Å². The first kappa shape index (κ1) is 14.8. The van der Waals surface area contributed by atoms with E-state index in [1.807, 2.05) is 6.07 Å². The van der Waals surface area contributed by atoms with E-state index in [0.717, 1.165) is 16.9 Å². The predicted molar refractivity (Wildman–Crippen MR) is 78.6 cm³/mol. The van der Waals surface area contributed by atoms with E-state index < -0.39 is 0 Å². The van der Waals surface area contributed by atoms with Crippen LogP contribution in [0.2, 0.25) is 0 Å². The molecule has 0 aliphatic heterocycles. The monoisotopic (exact) mass is 247 g/mol. The van der Waals surface area contributed by atoms with Crippen LogP contribution in [0, 0.1) is 5.92 Å². The van der Waals surface area contributed by atoms with Gasteiger partial charge >= 0.3 is 0 Å². The number of benzene rings is 1. The van der Waals surface area contributed by atoms with Crippen molar-refractivity contribution in [2.45, 2.75) is 45.6 Å². The highest BCUT2D eigenvalue weighted by molar-refractivity contribution is 5.33. The van der Waals surface area contributed by atoms with Crippen LogP contribution in [0.15, 0.2) is 18.2 Å². The number of phenols is 1. The quantitative estimate of drug-likeness (QED) is 0.809. The number of hydrogen-bond donors (Lipinski definition) is 2. The zero-order valence-electron chi connectivity index (χ0n) is 11.5. The van der Waals surface area contributed by atoms with Gasteiger partial charge in [-0.1, -0.05) is 38.5 Å². The van der Waals surface area contributed by atoms with Gasteiger partial charge in [-0.05, 0) is 48.3 Å². The van der Waals surface area contributed by atoms with Crippen molar-refractivity contribution in [3.05, 3.63) is 28.6 Å². The van der Waals surface area contributed by atoms with Gasteiger partial charge in [0.15, 0.2) is 0 Å². The van der Waals surface area contributed by atoms with Gasteiger partial charge in [-0.25, -0.2) is 0 Å². The molecule has 0 saturated heterocycles. The highest BCUT2D eigenvalue weighted by Crippen LogP contribution is 2.15. The van der Waals surface area contributed by atoms with Crippen LogP contribution < -0.4 is 16.2 Å². The standard InChI is InChI=1S/C16H25NO/c1-4-5-6-14(10-13(3)17)11-15-7-8-16(18)9-12(15)2/h7-9,11,13-14,18H,2,4-6,10,17H2,1,3H3. The Kier molecular flexibility index (Phi) is 5.93. The van der Waals surface area contributed by atoms with Crippen molar-refractivity contribution in [3.63, 3.8) is 0 Å². The van der Waals surface area contributed by atoms with Gasteiger partial charge in [0.1, 0.15) is 5.75 Å². The molecule has 0 aliphatic carbocycles. The molecular formula is C16H25NO. The van der Waals surface area contributed by atoms with Crippen molar-refractivity contribution in [2.24, 2.45) is 11.7 Å². The summed E-state index contributed by atoms with van der Waals surface area (Å²) in [6.07, 6.45) is 6.84. The number of aromatic hydroxyl groups is 1. The Bertz CT molecular complexity index is 464. The van der Waals surface area contributed by atoms with Crippen molar-refractivity contribution in [2.75, 3.05) is 0 Å². The Morgan fingerprint density at radius 3 is 2.72 bits per heavy atom. The molecule has 0 saturated carbocycles. The van der Waals surface area contributed by atoms with E-state index >= 15 is 0 Å². The van der Waals surface area contributed by atoms with Gasteiger partial charge in [0.25, 0.3) is 0 Å². The second kappa shape index (κ2) is 7.22. The fourth-order valence-electron chi connectivity index (χ4n) is 2.22. The summed E-state index contributed by atoms with van der Waals surface area (Å²) in [5.41, 5.74) is 5.91. The zero-order valence-corrected chi connectivity index (χ0v) is 11.5. The molecule has 2 atom stereocenters. The van der Waals surface area contributed by atoms with E-state index in [0.29, 0.717) is 5.92 Å². The van der Waals surface area contributed by atoms with Crippen LogP contribution in [0.3, 0.4) is 0 Å². The van der Waals surface area contributed by atoms with Crippen LogP contribution in [0.5, 0.6) is 5.75 Å². The summed E-state index contributed by atoms with van der Waals surface area (Å²) in [6.45, 7) is 8.23. The first-order valence-corrected chi connectivity index (χ1v) is 6.78. The first-order chi connectivity index (χ1) is 8.52. The number of hydrogen-bond acceptors (Lipinski definition) is 2. The van der Waals surface area contributed by atoms with Gasteiger partial charge in [-0.2, -0.15) is 0 Å². The molecule has 0 amide bonds. The summed E-state index contributed by atoms with van der Waals surface area (Å²) in [5.74, 6) is 0.768. The minimum atomic E-state index is 0.216. The Balaban J connectivity index is 2.94. The summed E-state index contributed by atoms with van der Waals surface area (Å²) in [5, 5.41) is 11.4. The summed E-state index contributed by atoms with van der Waals surface area (Å²) >= 11 is 0. The number of rotatable bonds is 6. The molecule has 18 heavy (non-hydrogen) atoms. The second-order valence-electron chi connectivity index (χ2n) is 5.17. The molecule has 1 aromatic rings. The second-order valence-corrected chi connectivity index (χ2v) is 5.17. The lowest BCUT2D eigenvalue weighted by molar-refractivity contribution is 0.474. The molecule has 2 unspecified atom stereocenters. The van der Waals surface area contributed by atoms with Crippen LogP contribution in [0.1, 0.15) is 39.5 Å². The molecule has 0 bridgehead atoms. The van der Waals surface area contributed by atoms with Gasteiger partial charge in [-0.3, -0.25) is 0 Å². The fourth-order valence-corrected chi connectivity index (χ4v) is 2.22. The number of nitrogens with two attached hydrogens (primary N) is 1. The van der Waals surface area contributed by atoms with E-state index in [1.54, 1.807) is 12.1 Å². The smallest absolute Gasteiger partial charge is 0.116 e. The minimum Gasteiger partial charge on any atom is -0.508 e. The highest BCUT2D eigenvalue weighted by atomic mass is 16.3. The summed E-state index contributed by atoms with van der Waals surface area (Å²) in [4.78, 5) is 0. The average Bonchev–Trinajstić information content (AvgIpc) is 2.29. The number of unbranched alkanes of at least 4 members (excludes halogenated alkanes) is 1. The van der Waals surface area contributed by atoms with Crippen molar-refractivity contribution < 1.29 is 5.11 Å². The van der Waals surface area contributed by atoms with E-state index in [-0.39, 0.29) is 11.8 Å². The molecule has 2 heteroatoms. The number of phenolic OH excluding ortho intramolecular Hbond substituents is 1. The maximum atomic E-state index is 9.38. The molecule has 2 nitrogen and oxygen atoms in total. The minimum absolute atomic E-state index is 0.216. The SMILES string of the molecule is C=c1cc(O)ccc1=CC(CCCC)CC(C)N. The van der Waals surface area contributed by atoms with Gasteiger partial charge in [-0.15, -0.1) is 0 Å². The van der Waals surface area contributed by atoms with Crippen LogP contribution >= 0.6 is 0 Å². The maximum Gasteiger partial charge on any atom is 0.116 e. The van der Waals surface area contributed by atoms with E-state index in [2.05, 4.69) is 26.5 Å². The molecule has 0 fully saturated rings. The molecule has 0 aromatic heterocycles. The Hall–Kier alpha value is -1.28. The summed E-state index contributed by atoms with van der Waals surface area (Å²) < 4.78 is 0. The molecular weight excluding hydrogens is 222 g/mol. The third-order valence-electron chi connectivity index (χ3n) is 3.14. The van der Waals surface area contributed by atoms with Crippen molar-refractivity contribution in [3.8, 4) is 5.75 Å². The van der Waals surface area contributed by atoms with Crippen molar-refractivity contribution in [1.29, 1.82) is 0 Å². The molecule has 1 aromatic carbocycles. The molecule has 0 spiro atoms. The van der Waals surface area contributed by atoms with Crippen LogP contribution in [-0.4, -0.2) is 11.1 Å². The van der Waals surface area contributed by atoms with E-state index in [9.17, 15) is 5.11 Å². The average molecular weight is 247 g/mol. The van der Waals surface area contributed by atoms with Gasteiger partial charge in [0, 0.05) is 6.04 Å². The van der Waals surface area contributed by atoms with Gasteiger partial charge in [0.2, 0.25) is 0 Å². The first-order valence-electron chi connectivity index (χ1n) is 6.78. The van der Waals surface area contributed by atoms with Gasteiger partial charge < -0.3 is 10.8 Å². The summed E-state index contributed by atoms with van der Waals surface area (Å²) in [7, 11) is 0. The molecule has 1 rings (SSSR count). The third kappa shape index (κ3) is 4.92. The maximum absolute atomic E-state index is 9.38. The Labute approximate surface area is 110 Å². The lowest BCUT2D eigenvalue weighted by atomic mass is 9.94. The van der Waals surface area contributed by atoms with E-state index in [4.69, 9.17) is 5.73 Å². The largest absolute Gasteiger partial charge is 0.508 e. The lowest BCUT2D eigenvalue weighted by Gasteiger charge is -2.14. The van der Waals surface area contributed by atoms with Crippen LogP contribution in [0.25, 0.3) is 12.7 Å². The normalized spacial score (nSPS) is 15.6. The Morgan fingerprint density at radius 1 is 1.44 bits per heavy atom. The highest BCUT2D eigenvalue weighted by Gasteiger charge is 2.07. The fraction of sp³-hybridized carbons (Fsp3) is 0.500. The van der Waals surface area contributed by atoms with Crippen LogP contribution in [-0.2, 0) is 0 Å².